The smallest absolute Gasteiger partial charge is 0.381 e. The van der Waals surface area contributed by atoms with E-state index in [0.717, 1.165) is 56.9 Å². The molecule has 1 N–H and O–H groups in total. The van der Waals surface area contributed by atoms with Crippen LogP contribution in [0.15, 0.2) is 18.2 Å². The van der Waals surface area contributed by atoms with Crippen LogP contribution in [0.5, 0.6) is 0 Å². The Kier molecular flexibility index (Phi) is 10.5. The number of amides is 1. The van der Waals surface area contributed by atoms with Gasteiger partial charge in [-0.2, -0.15) is 13.2 Å². The summed E-state index contributed by atoms with van der Waals surface area (Å²) < 4.78 is 44.4. The highest BCUT2D eigenvalue weighted by molar-refractivity contribution is 5.79. The minimum atomic E-state index is -4.35. The number of nitrogens with one attached hydrogen (secondary N) is 1. The number of benzene rings is 1. The van der Waals surface area contributed by atoms with Crippen molar-refractivity contribution in [1.82, 2.24) is 10.2 Å². The van der Waals surface area contributed by atoms with Crippen molar-refractivity contribution >= 4 is 5.91 Å². The van der Waals surface area contributed by atoms with E-state index in [2.05, 4.69) is 5.32 Å². The van der Waals surface area contributed by atoms with Crippen LogP contribution in [0.4, 0.5) is 13.2 Å². The van der Waals surface area contributed by atoms with Gasteiger partial charge in [0.1, 0.15) is 0 Å². The highest BCUT2D eigenvalue weighted by atomic mass is 19.4. The van der Waals surface area contributed by atoms with E-state index >= 15 is 0 Å². The zero-order valence-electron chi connectivity index (χ0n) is 19.9. The standard InChI is InChI=1S/C21H27F3N2O2.2C2H6/c22-21(23,24)17-3-1-14-5-8-26(13-16(14)11-17)20(27)15-2-4-19(12-15)25-18-6-9-28-10-7-18;2*1-2/h1,3,11,15,18-19,25H,2,4-10,12-13H2;2*1-2H3. The van der Waals surface area contributed by atoms with E-state index in [4.69, 9.17) is 4.74 Å². The summed E-state index contributed by atoms with van der Waals surface area (Å²) in [7, 11) is 0. The third-order valence-corrected chi connectivity index (χ3v) is 6.33. The molecule has 2 atom stereocenters. The Morgan fingerprint density at radius 2 is 1.69 bits per heavy atom. The first-order valence-corrected chi connectivity index (χ1v) is 12.2. The number of ether oxygens (including phenoxy) is 1. The van der Waals surface area contributed by atoms with Gasteiger partial charge in [0.15, 0.2) is 0 Å². The summed E-state index contributed by atoms with van der Waals surface area (Å²) in [5.74, 6) is 0.0732. The summed E-state index contributed by atoms with van der Waals surface area (Å²) in [4.78, 5) is 14.7. The molecule has 0 aromatic heterocycles. The van der Waals surface area contributed by atoms with Gasteiger partial charge in [0.05, 0.1) is 5.56 Å². The molecule has 0 spiro atoms. The number of hydrogen-bond donors (Lipinski definition) is 1. The molecule has 1 amide bonds. The highest BCUT2D eigenvalue weighted by Crippen LogP contribution is 2.34. The Labute approximate surface area is 190 Å². The number of fused-ring (bicyclic) bond motifs is 1. The molecule has 2 heterocycles. The van der Waals surface area contributed by atoms with Crippen molar-refractivity contribution in [2.24, 2.45) is 5.92 Å². The Morgan fingerprint density at radius 3 is 2.34 bits per heavy atom. The molecule has 2 unspecified atom stereocenters. The Hall–Kier alpha value is -1.60. The van der Waals surface area contributed by atoms with Crippen molar-refractivity contribution in [3.05, 3.63) is 34.9 Å². The lowest BCUT2D eigenvalue weighted by molar-refractivity contribution is -0.137. The number of rotatable bonds is 3. The van der Waals surface area contributed by atoms with Gasteiger partial charge in [0.25, 0.3) is 0 Å². The van der Waals surface area contributed by atoms with Crippen LogP contribution in [-0.2, 0) is 28.7 Å². The molecule has 1 saturated carbocycles. The lowest BCUT2D eigenvalue weighted by Gasteiger charge is -2.31. The van der Waals surface area contributed by atoms with E-state index in [1.54, 1.807) is 11.0 Å². The van der Waals surface area contributed by atoms with Gasteiger partial charge < -0.3 is 15.0 Å². The van der Waals surface area contributed by atoms with Gasteiger partial charge in [-0.3, -0.25) is 4.79 Å². The first-order chi connectivity index (χ1) is 15.4. The lowest BCUT2D eigenvalue weighted by Crippen LogP contribution is -2.42. The fourth-order valence-electron chi connectivity index (χ4n) is 4.73. The van der Waals surface area contributed by atoms with Crippen LogP contribution in [0.25, 0.3) is 0 Å². The van der Waals surface area contributed by atoms with Crippen molar-refractivity contribution in [2.75, 3.05) is 19.8 Å². The number of carbonyl (C=O) groups is 1. The number of nitrogens with zero attached hydrogens (tertiary/aromatic N) is 1. The summed E-state index contributed by atoms with van der Waals surface area (Å²) in [5.41, 5.74) is 0.911. The van der Waals surface area contributed by atoms with Crippen LogP contribution < -0.4 is 5.32 Å². The topological polar surface area (TPSA) is 41.6 Å². The average molecular weight is 457 g/mol. The molecule has 32 heavy (non-hydrogen) atoms. The van der Waals surface area contributed by atoms with E-state index < -0.39 is 11.7 Å². The summed E-state index contributed by atoms with van der Waals surface area (Å²) in [5, 5.41) is 3.67. The maximum Gasteiger partial charge on any atom is 0.416 e. The van der Waals surface area contributed by atoms with E-state index in [9.17, 15) is 18.0 Å². The van der Waals surface area contributed by atoms with Gasteiger partial charge in [-0.05, 0) is 61.8 Å². The molecule has 2 fully saturated rings. The Balaban J connectivity index is 0.000000860. The minimum absolute atomic E-state index is 0.0234. The predicted molar refractivity (Wildman–Crippen MR) is 121 cm³/mol. The molecular formula is C25H39F3N2O2. The molecule has 3 aliphatic rings. The summed E-state index contributed by atoms with van der Waals surface area (Å²) in [6, 6.07) is 4.73. The molecule has 1 aromatic rings. The van der Waals surface area contributed by atoms with E-state index in [1.807, 2.05) is 27.7 Å². The van der Waals surface area contributed by atoms with Crippen molar-refractivity contribution in [1.29, 1.82) is 0 Å². The van der Waals surface area contributed by atoms with Crippen molar-refractivity contribution < 1.29 is 22.7 Å². The lowest BCUT2D eigenvalue weighted by atomic mass is 9.95. The molecule has 0 radical (unpaired) electrons. The number of hydrogen-bond acceptors (Lipinski definition) is 3. The second-order valence-electron chi connectivity index (χ2n) is 8.25. The maximum absolute atomic E-state index is 13.0. The van der Waals surface area contributed by atoms with Crippen LogP contribution in [0.2, 0.25) is 0 Å². The van der Waals surface area contributed by atoms with Gasteiger partial charge in [-0.25, -0.2) is 0 Å². The highest BCUT2D eigenvalue weighted by Gasteiger charge is 2.36. The van der Waals surface area contributed by atoms with Crippen LogP contribution >= 0.6 is 0 Å². The number of carbonyl (C=O) groups excluding carboxylic acids is 1. The molecule has 1 saturated heterocycles. The van der Waals surface area contributed by atoms with Crippen LogP contribution in [0.3, 0.4) is 0 Å². The minimum Gasteiger partial charge on any atom is -0.381 e. The first kappa shape index (κ1) is 26.7. The van der Waals surface area contributed by atoms with E-state index in [0.29, 0.717) is 30.6 Å². The van der Waals surface area contributed by atoms with E-state index in [1.165, 1.54) is 6.07 Å². The molecule has 0 bridgehead atoms. The van der Waals surface area contributed by atoms with Gasteiger partial charge in [-0.1, -0.05) is 33.8 Å². The SMILES string of the molecule is CC.CC.O=C(C1CCC(NC2CCOCC2)C1)N1CCc2ccc(C(F)(F)F)cc2C1. The molecule has 7 heteroatoms. The third-order valence-electron chi connectivity index (χ3n) is 6.33. The number of halogens is 3. The largest absolute Gasteiger partial charge is 0.416 e. The second-order valence-corrected chi connectivity index (χ2v) is 8.25. The third kappa shape index (κ3) is 6.95. The Bertz CT molecular complexity index is 718. The van der Waals surface area contributed by atoms with Gasteiger partial charge in [-0.15, -0.1) is 0 Å². The second kappa shape index (κ2) is 12.6. The van der Waals surface area contributed by atoms with Crippen LogP contribution in [0, 0.1) is 5.92 Å². The summed E-state index contributed by atoms with van der Waals surface area (Å²) in [6.45, 7) is 10.5. The first-order valence-electron chi connectivity index (χ1n) is 12.2. The monoisotopic (exact) mass is 456 g/mol. The summed E-state index contributed by atoms with van der Waals surface area (Å²) >= 11 is 0. The molecule has 2 aliphatic heterocycles. The average Bonchev–Trinajstić information content (AvgIpc) is 3.29. The zero-order valence-corrected chi connectivity index (χ0v) is 19.9. The molecule has 182 valence electrons. The fourth-order valence-corrected chi connectivity index (χ4v) is 4.73. The predicted octanol–water partition coefficient (Wildman–Crippen LogP) is 5.58. The quantitative estimate of drug-likeness (QED) is 0.646. The van der Waals surface area contributed by atoms with Crippen molar-refractivity contribution in [3.8, 4) is 0 Å². The van der Waals surface area contributed by atoms with Gasteiger partial charge in [0, 0.05) is 44.3 Å². The van der Waals surface area contributed by atoms with Crippen molar-refractivity contribution in [3.63, 3.8) is 0 Å². The molecule has 4 nitrogen and oxygen atoms in total. The zero-order chi connectivity index (χ0) is 23.7. The fraction of sp³-hybridized carbons (Fsp3) is 0.720. The van der Waals surface area contributed by atoms with Crippen molar-refractivity contribution in [2.45, 2.75) is 91.0 Å². The van der Waals surface area contributed by atoms with Gasteiger partial charge >= 0.3 is 6.18 Å². The van der Waals surface area contributed by atoms with Crippen LogP contribution in [0.1, 0.15) is 76.5 Å². The number of alkyl halides is 3. The molecular weight excluding hydrogens is 417 g/mol. The molecule has 4 rings (SSSR count). The molecule has 1 aromatic carbocycles. The maximum atomic E-state index is 13.0. The van der Waals surface area contributed by atoms with Crippen LogP contribution in [-0.4, -0.2) is 42.6 Å². The van der Waals surface area contributed by atoms with Gasteiger partial charge in [0.2, 0.25) is 5.91 Å². The normalized spacial score (nSPS) is 23.4. The van der Waals surface area contributed by atoms with E-state index in [-0.39, 0.29) is 18.4 Å². The summed E-state index contributed by atoms with van der Waals surface area (Å²) in [6.07, 6.45) is 0.953. The Morgan fingerprint density at radius 1 is 1.00 bits per heavy atom. The molecule has 1 aliphatic carbocycles.